The Balaban J connectivity index is 1.24. The van der Waals surface area contributed by atoms with Crippen LogP contribution in [0.25, 0.3) is 16.7 Å². The first kappa shape index (κ1) is 24.9. The van der Waals surface area contributed by atoms with E-state index in [1.165, 1.54) is 0 Å². The Morgan fingerprint density at radius 2 is 1.71 bits per heavy atom. The predicted octanol–water partition coefficient (Wildman–Crippen LogP) is 6.58. The molecule has 0 fully saturated rings. The van der Waals surface area contributed by atoms with Gasteiger partial charge in [-0.1, -0.05) is 30.3 Å². The van der Waals surface area contributed by atoms with Gasteiger partial charge in [0.25, 0.3) is 0 Å². The lowest BCUT2D eigenvalue weighted by molar-refractivity contribution is 0.0929. The molecule has 0 saturated heterocycles. The Labute approximate surface area is 221 Å². The van der Waals surface area contributed by atoms with E-state index in [1.807, 2.05) is 93.6 Å². The highest BCUT2D eigenvalue weighted by Crippen LogP contribution is 2.25. The molecule has 1 amide bonds. The monoisotopic (exact) mass is 507 g/mol. The fourth-order valence-electron chi connectivity index (χ4n) is 4.35. The number of carbonyl (C=O) groups is 1. The first-order chi connectivity index (χ1) is 18.5. The lowest BCUT2D eigenvalue weighted by Gasteiger charge is -2.11. The predicted molar refractivity (Wildman–Crippen MR) is 148 cm³/mol. The summed E-state index contributed by atoms with van der Waals surface area (Å²) in [6.07, 6.45) is 1.64. The molecule has 192 valence electrons. The zero-order chi connectivity index (χ0) is 26.5. The minimum atomic E-state index is -0.421. The zero-order valence-electron chi connectivity index (χ0n) is 21.6. The summed E-state index contributed by atoms with van der Waals surface area (Å²) in [6.45, 7) is 7.07. The van der Waals surface area contributed by atoms with Gasteiger partial charge in [0.15, 0.2) is 5.76 Å². The number of aryl methyl sites for hydroxylation is 1. The van der Waals surface area contributed by atoms with Crippen molar-refractivity contribution in [3.63, 3.8) is 0 Å². The molecule has 0 unspecified atom stereocenters. The molecule has 0 spiro atoms. The molecule has 3 aromatic carbocycles. The third-order valence-electron chi connectivity index (χ3n) is 6.21. The maximum absolute atomic E-state index is 12.6. The first-order valence-corrected chi connectivity index (χ1v) is 12.5. The van der Waals surface area contributed by atoms with E-state index in [4.69, 9.17) is 13.9 Å². The van der Waals surface area contributed by atoms with E-state index in [1.54, 1.807) is 18.3 Å². The summed E-state index contributed by atoms with van der Waals surface area (Å²) in [5.74, 6) is 1.31. The van der Waals surface area contributed by atoms with E-state index in [2.05, 4.69) is 15.1 Å². The second kappa shape index (κ2) is 11.1. The van der Waals surface area contributed by atoms with Crippen LogP contribution in [0.5, 0.6) is 11.5 Å². The van der Waals surface area contributed by atoms with Gasteiger partial charge in [0.05, 0.1) is 12.8 Å². The number of aromatic nitrogens is 1. The van der Waals surface area contributed by atoms with E-state index >= 15 is 0 Å². The number of ether oxygens (including phenoxy) is 2. The lowest BCUT2D eigenvalue weighted by atomic mass is 10.2. The van der Waals surface area contributed by atoms with Gasteiger partial charge in [-0.2, -0.15) is 5.10 Å². The molecular weight excluding hydrogens is 478 g/mol. The van der Waals surface area contributed by atoms with Crippen molar-refractivity contribution in [2.75, 3.05) is 6.61 Å². The molecule has 0 radical (unpaired) electrons. The smallest absolute Gasteiger partial charge is 0.307 e. The third kappa shape index (κ3) is 5.47. The molecule has 0 aliphatic rings. The number of furan rings is 1. The van der Waals surface area contributed by atoms with Gasteiger partial charge in [-0.3, -0.25) is 4.79 Å². The number of hydrogen-bond acceptors (Lipinski definition) is 5. The summed E-state index contributed by atoms with van der Waals surface area (Å²) in [5.41, 5.74) is 8.27. The molecule has 7 nitrogen and oxygen atoms in total. The number of nitrogens with one attached hydrogen (secondary N) is 1. The number of nitrogens with zero attached hydrogens (tertiary/aromatic N) is 2. The van der Waals surface area contributed by atoms with Crippen LogP contribution < -0.4 is 14.9 Å². The third-order valence-corrected chi connectivity index (χ3v) is 6.21. The molecule has 7 heteroatoms. The van der Waals surface area contributed by atoms with Gasteiger partial charge in [0.2, 0.25) is 0 Å². The average molecular weight is 508 g/mol. The minimum Gasteiger partial charge on any atom is -0.494 e. The molecular formula is C31H29N3O4. The molecule has 5 rings (SSSR count). The number of rotatable bonds is 9. The second-order valence-electron chi connectivity index (χ2n) is 8.87. The van der Waals surface area contributed by atoms with Gasteiger partial charge in [0.1, 0.15) is 23.7 Å². The van der Waals surface area contributed by atoms with Gasteiger partial charge in [-0.15, -0.1) is 0 Å². The number of hydrazone groups is 1. The summed E-state index contributed by atoms with van der Waals surface area (Å²) >= 11 is 0. The Bertz CT molecular complexity index is 1580. The number of amides is 1. The van der Waals surface area contributed by atoms with Crippen molar-refractivity contribution in [3.8, 4) is 17.2 Å². The van der Waals surface area contributed by atoms with E-state index in [9.17, 15) is 4.79 Å². The normalized spacial score (nSPS) is 11.2. The molecule has 2 aromatic heterocycles. The number of benzene rings is 3. The van der Waals surface area contributed by atoms with Gasteiger partial charge in [0, 0.05) is 28.0 Å². The van der Waals surface area contributed by atoms with Crippen LogP contribution in [0, 0.1) is 13.8 Å². The Morgan fingerprint density at radius 1 is 0.947 bits per heavy atom. The molecule has 1 N–H and O–H groups in total. The number of carbonyl (C=O) groups excluding carboxylic acids is 1. The first-order valence-electron chi connectivity index (χ1n) is 12.5. The van der Waals surface area contributed by atoms with E-state index in [0.717, 1.165) is 45.1 Å². The molecule has 0 atom stereocenters. The van der Waals surface area contributed by atoms with Crippen molar-refractivity contribution < 1.29 is 18.7 Å². The number of fused-ring (bicyclic) bond motifs is 1. The molecule has 0 aliphatic carbocycles. The van der Waals surface area contributed by atoms with Crippen LogP contribution in [-0.4, -0.2) is 23.3 Å². The minimum absolute atomic E-state index is 0.186. The quantitative estimate of drug-likeness (QED) is 0.181. The molecule has 0 bridgehead atoms. The van der Waals surface area contributed by atoms with Crippen molar-refractivity contribution in [2.45, 2.75) is 27.4 Å². The Kier molecular flexibility index (Phi) is 7.26. The van der Waals surface area contributed by atoms with Crippen LogP contribution in [0.2, 0.25) is 0 Å². The van der Waals surface area contributed by atoms with Gasteiger partial charge in [-0.25, -0.2) is 5.43 Å². The fraction of sp³-hybridized carbons (Fsp3) is 0.161. The van der Waals surface area contributed by atoms with Crippen molar-refractivity contribution in [3.05, 3.63) is 113 Å². The summed E-state index contributed by atoms with van der Waals surface area (Å²) < 4.78 is 19.2. The molecule has 0 aliphatic heterocycles. The molecule has 2 heterocycles. The summed E-state index contributed by atoms with van der Waals surface area (Å²) in [5, 5.41) is 4.97. The highest BCUT2D eigenvalue weighted by atomic mass is 16.5. The Morgan fingerprint density at radius 3 is 2.47 bits per heavy atom. The lowest BCUT2D eigenvalue weighted by Crippen LogP contribution is -2.16. The van der Waals surface area contributed by atoms with Crippen LogP contribution in [0.15, 0.2) is 94.4 Å². The molecule has 38 heavy (non-hydrogen) atoms. The summed E-state index contributed by atoms with van der Waals surface area (Å²) in [6, 6.07) is 27.2. The van der Waals surface area contributed by atoms with Crippen molar-refractivity contribution in [2.24, 2.45) is 5.10 Å². The average Bonchev–Trinajstić information content (AvgIpc) is 3.48. The largest absolute Gasteiger partial charge is 0.494 e. The highest BCUT2D eigenvalue weighted by Gasteiger charge is 2.13. The van der Waals surface area contributed by atoms with Gasteiger partial charge < -0.3 is 18.5 Å². The standard InChI is InChI=1S/C31H29N3O4/c1-4-36-28-14-15-29-24(17-28)18-30(38-29)31(35)33-32-19-25-16-21(2)34(22(25)3)26-10-12-27(13-11-26)37-20-23-8-6-5-7-9-23/h5-19H,4,20H2,1-3H3,(H,33,35)/b32-19+. The SMILES string of the molecule is CCOc1ccc2oc(C(=O)N/N=C/c3cc(C)n(-c4ccc(OCc5ccccc5)cc4)c3C)cc2c1. The van der Waals surface area contributed by atoms with E-state index in [0.29, 0.717) is 18.8 Å². The van der Waals surface area contributed by atoms with Crippen molar-refractivity contribution in [1.82, 2.24) is 9.99 Å². The van der Waals surface area contributed by atoms with Crippen LogP contribution in [0.4, 0.5) is 0 Å². The van der Waals surface area contributed by atoms with E-state index in [-0.39, 0.29) is 5.76 Å². The highest BCUT2D eigenvalue weighted by molar-refractivity contribution is 5.97. The topological polar surface area (TPSA) is 78.0 Å². The van der Waals surface area contributed by atoms with Gasteiger partial charge >= 0.3 is 5.91 Å². The maximum atomic E-state index is 12.6. The maximum Gasteiger partial charge on any atom is 0.307 e. The van der Waals surface area contributed by atoms with E-state index < -0.39 is 5.91 Å². The Hall–Kier alpha value is -4.78. The van der Waals surface area contributed by atoms with Crippen molar-refractivity contribution >= 4 is 23.1 Å². The summed E-state index contributed by atoms with van der Waals surface area (Å²) in [4.78, 5) is 12.6. The fourth-order valence-corrected chi connectivity index (χ4v) is 4.35. The van der Waals surface area contributed by atoms with Crippen LogP contribution in [-0.2, 0) is 6.61 Å². The zero-order valence-corrected chi connectivity index (χ0v) is 21.6. The molecule has 5 aromatic rings. The summed E-state index contributed by atoms with van der Waals surface area (Å²) in [7, 11) is 0. The van der Waals surface area contributed by atoms with Gasteiger partial charge in [-0.05, 0) is 80.9 Å². The van der Waals surface area contributed by atoms with Crippen LogP contribution in [0.3, 0.4) is 0 Å². The second-order valence-corrected chi connectivity index (χ2v) is 8.87. The van der Waals surface area contributed by atoms with Crippen LogP contribution in [0.1, 0.15) is 40.0 Å². The van der Waals surface area contributed by atoms with Crippen LogP contribution >= 0.6 is 0 Å². The number of hydrogen-bond donors (Lipinski definition) is 1. The molecule has 0 saturated carbocycles. The van der Waals surface area contributed by atoms with Crippen molar-refractivity contribution in [1.29, 1.82) is 0 Å².